The van der Waals surface area contributed by atoms with Crippen LogP contribution < -0.4 is 5.73 Å². The molecule has 1 unspecified atom stereocenters. The predicted octanol–water partition coefficient (Wildman–Crippen LogP) is 0.488. The highest BCUT2D eigenvalue weighted by Crippen LogP contribution is 2.05. The number of rotatable bonds is 5. The first-order valence-electron chi connectivity index (χ1n) is 5.72. The molecule has 1 aromatic rings. The van der Waals surface area contributed by atoms with E-state index >= 15 is 0 Å². The first kappa shape index (κ1) is 14.2. The molecule has 1 amide bonds. The lowest BCUT2D eigenvalue weighted by atomic mass is 10.1. The van der Waals surface area contributed by atoms with Crippen LogP contribution in [0, 0.1) is 0 Å². The Labute approximate surface area is 106 Å². The fourth-order valence-electron chi connectivity index (χ4n) is 1.57. The maximum atomic E-state index is 11.9. The number of benzene rings is 1. The summed E-state index contributed by atoms with van der Waals surface area (Å²) in [7, 11) is 1.45. The van der Waals surface area contributed by atoms with Crippen molar-refractivity contribution in [2.24, 2.45) is 5.73 Å². The van der Waals surface area contributed by atoms with Crippen LogP contribution in [0.2, 0.25) is 0 Å². The average molecular weight is 250 g/mol. The molecular weight excluding hydrogens is 232 g/mol. The van der Waals surface area contributed by atoms with Crippen molar-refractivity contribution in [1.29, 1.82) is 0 Å². The molecule has 18 heavy (non-hydrogen) atoms. The quantitative estimate of drug-likeness (QED) is 0.796. The number of nitrogens with zero attached hydrogens (tertiary/aromatic N) is 1. The number of carbonyl (C=O) groups is 2. The third-order valence-electron chi connectivity index (χ3n) is 2.90. The fraction of sp³-hybridized carbons (Fsp3) is 0.385. The van der Waals surface area contributed by atoms with E-state index in [1.165, 1.54) is 14.0 Å². The molecule has 0 saturated carbocycles. The molecule has 2 atom stereocenters. The summed E-state index contributed by atoms with van der Waals surface area (Å²) in [5, 5.41) is 8.84. The Balaban J connectivity index is 2.64. The lowest BCUT2D eigenvalue weighted by Gasteiger charge is -2.24. The number of nitrogens with two attached hydrogens (primary N) is 1. The zero-order valence-corrected chi connectivity index (χ0v) is 10.5. The Bertz CT molecular complexity index is 420. The van der Waals surface area contributed by atoms with Gasteiger partial charge < -0.3 is 15.7 Å². The Morgan fingerprint density at radius 3 is 2.39 bits per heavy atom. The van der Waals surface area contributed by atoms with Gasteiger partial charge in [0.1, 0.15) is 6.04 Å². The van der Waals surface area contributed by atoms with Gasteiger partial charge in [-0.25, -0.2) is 4.79 Å². The third kappa shape index (κ3) is 3.56. The maximum Gasteiger partial charge on any atom is 0.326 e. The van der Waals surface area contributed by atoms with Crippen LogP contribution in [-0.4, -0.2) is 41.0 Å². The summed E-state index contributed by atoms with van der Waals surface area (Å²) in [4.78, 5) is 23.9. The molecule has 5 heteroatoms. The number of amides is 1. The molecule has 3 N–H and O–H groups in total. The second kappa shape index (κ2) is 6.16. The zero-order chi connectivity index (χ0) is 13.7. The van der Waals surface area contributed by atoms with Gasteiger partial charge in [0.2, 0.25) is 5.91 Å². The summed E-state index contributed by atoms with van der Waals surface area (Å²) in [5.74, 6) is -1.41. The third-order valence-corrected chi connectivity index (χ3v) is 2.90. The van der Waals surface area contributed by atoms with Crippen molar-refractivity contribution in [2.45, 2.75) is 25.4 Å². The standard InChI is InChI=1S/C13H18N2O3/c1-9(13(17)18)15(2)12(16)11(14)8-10-6-4-3-5-7-10/h3-7,9,11H,8,14H2,1-2H3,(H,17,18)/t9?,11-/m1/s1. The molecule has 0 bridgehead atoms. The van der Waals surface area contributed by atoms with E-state index < -0.39 is 18.1 Å². The van der Waals surface area contributed by atoms with E-state index in [2.05, 4.69) is 0 Å². The number of aliphatic carboxylic acids is 1. The molecule has 0 aromatic heterocycles. The fourth-order valence-corrected chi connectivity index (χ4v) is 1.57. The van der Waals surface area contributed by atoms with Gasteiger partial charge >= 0.3 is 5.97 Å². The van der Waals surface area contributed by atoms with Gasteiger partial charge in [-0.1, -0.05) is 30.3 Å². The van der Waals surface area contributed by atoms with Crippen molar-refractivity contribution in [2.75, 3.05) is 7.05 Å². The Hall–Kier alpha value is -1.88. The predicted molar refractivity (Wildman–Crippen MR) is 68.0 cm³/mol. The minimum atomic E-state index is -1.04. The molecule has 1 aromatic carbocycles. The van der Waals surface area contributed by atoms with Crippen molar-refractivity contribution in [3.05, 3.63) is 35.9 Å². The van der Waals surface area contributed by atoms with E-state index in [9.17, 15) is 9.59 Å². The van der Waals surface area contributed by atoms with Crippen LogP contribution in [0.1, 0.15) is 12.5 Å². The molecule has 0 aliphatic carbocycles. The molecule has 0 aliphatic rings. The Morgan fingerprint density at radius 1 is 1.33 bits per heavy atom. The summed E-state index contributed by atoms with van der Waals surface area (Å²) in [6.07, 6.45) is 0.399. The van der Waals surface area contributed by atoms with Gasteiger partial charge in [0, 0.05) is 7.05 Å². The van der Waals surface area contributed by atoms with Crippen molar-refractivity contribution in [1.82, 2.24) is 4.90 Å². The van der Waals surface area contributed by atoms with E-state index in [1.807, 2.05) is 30.3 Å². The van der Waals surface area contributed by atoms with Crippen LogP contribution in [-0.2, 0) is 16.0 Å². The van der Waals surface area contributed by atoms with Crippen LogP contribution in [0.5, 0.6) is 0 Å². The molecule has 0 aliphatic heterocycles. The molecule has 1 rings (SSSR count). The second-order valence-corrected chi connectivity index (χ2v) is 4.26. The lowest BCUT2D eigenvalue weighted by molar-refractivity contribution is -0.148. The van der Waals surface area contributed by atoms with Crippen molar-refractivity contribution in [3.8, 4) is 0 Å². The monoisotopic (exact) mass is 250 g/mol. The van der Waals surface area contributed by atoms with Gasteiger partial charge in [-0.15, -0.1) is 0 Å². The highest BCUT2D eigenvalue weighted by atomic mass is 16.4. The Morgan fingerprint density at radius 2 is 1.89 bits per heavy atom. The van der Waals surface area contributed by atoms with Crippen molar-refractivity contribution < 1.29 is 14.7 Å². The molecule has 98 valence electrons. The molecule has 0 spiro atoms. The molecule has 5 nitrogen and oxygen atoms in total. The highest BCUT2D eigenvalue weighted by molar-refractivity contribution is 5.86. The smallest absolute Gasteiger partial charge is 0.326 e. The SMILES string of the molecule is CC(C(=O)O)N(C)C(=O)[C@H](N)Cc1ccccc1. The van der Waals surface area contributed by atoms with Crippen molar-refractivity contribution >= 4 is 11.9 Å². The number of hydrogen-bond acceptors (Lipinski definition) is 3. The number of carbonyl (C=O) groups excluding carboxylic acids is 1. The van der Waals surface area contributed by atoms with Crippen molar-refractivity contribution in [3.63, 3.8) is 0 Å². The van der Waals surface area contributed by atoms with Crippen LogP contribution >= 0.6 is 0 Å². The number of carboxylic acid groups (broad SMARTS) is 1. The van der Waals surface area contributed by atoms with Gasteiger partial charge in [-0.05, 0) is 18.9 Å². The molecule has 0 heterocycles. The minimum Gasteiger partial charge on any atom is -0.480 e. The highest BCUT2D eigenvalue weighted by Gasteiger charge is 2.25. The maximum absolute atomic E-state index is 11.9. The number of carboxylic acids is 1. The van der Waals surface area contributed by atoms with Gasteiger partial charge in [-0.2, -0.15) is 0 Å². The van der Waals surface area contributed by atoms with Gasteiger partial charge in [-0.3, -0.25) is 4.79 Å². The van der Waals surface area contributed by atoms with Crippen LogP contribution in [0.15, 0.2) is 30.3 Å². The summed E-state index contributed by atoms with van der Waals surface area (Å²) in [6, 6.07) is 7.79. The molecular formula is C13H18N2O3. The Kier molecular flexibility index (Phi) is 4.85. The van der Waals surface area contributed by atoms with Crippen LogP contribution in [0.3, 0.4) is 0 Å². The first-order valence-corrected chi connectivity index (χ1v) is 5.72. The van der Waals surface area contributed by atoms with E-state index in [0.29, 0.717) is 6.42 Å². The van der Waals surface area contributed by atoms with Crippen LogP contribution in [0.25, 0.3) is 0 Å². The van der Waals surface area contributed by atoms with E-state index in [-0.39, 0.29) is 5.91 Å². The largest absolute Gasteiger partial charge is 0.480 e. The van der Waals surface area contributed by atoms with Gasteiger partial charge in [0.15, 0.2) is 0 Å². The minimum absolute atomic E-state index is 0.367. The molecule has 0 fully saturated rings. The molecule has 0 saturated heterocycles. The molecule has 0 radical (unpaired) electrons. The normalized spacial score (nSPS) is 13.7. The van der Waals surface area contributed by atoms with E-state index in [0.717, 1.165) is 10.5 Å². The zero-order valence-electron chi connectivity index (χ0n) is 10.5. The van der Waals surface area contributed by atoms with E-state index in [1.54, 1.807) is 0 Å². The first-order chi connectivity index (χ1) is 8.43. The van der Waals surface area contributed by atoms with E-state index in [4.69, 9.17) is 10.8 Å². The van der Waals surface area contributed by atoms with Gasteiger partial charge in [0.05, 0.1) is 6.04 Å². The lowest BCUT2D eigenvalue weighted by Crippen LogP contribution is -2.49. The summed E-state index contributed by atoms with van der Waals surface area (Å²) in [6.45, 7) is 1.45. The number of hydrogen-bond donors (Lipinski definition) is 2. The average Bonchev–Trinajstić information content (AvgIpc) is 2.37. The van der Waals surface area contributed by atoms with Gasteiger partial charge in [0.25, 0.3) is 0 Å². The summed E-state index contributed by atoms with van der Waals surface area (Å²) in [5.41, 5.74) is 6.76. The summed E-state index contributed by atoms with van der Waals surface area (Å²) < 4.78 is 0. The second-order valence-electron chi connectivity index (χ2n) is 4.26. The number of likely N-dealkylation sites (N-methyl/N-ethyl adjacent to an activating group) is 1. The topological polar surface area (TPSA) is 83.6 Å². The summed E-state index contributed by atoms with van der Waals surface area (Å²) >= 11 is 0. The van der Waals surface area contributed by atoms with Crippen LogP contribution in [0.4, 0.5) is 0 Å².